The maximum atomic E-state index is 12.2. The minimum atomic E-state index is 0.000370. The van der Waals surface area contributed by atoms with Gasteiger partial charge in [0.15, 0.2) is 0 Å². The lowest BCUT2D eigenvalue weighted by molar-refractivity contribution is -0.123. The molecule has 1 heterocycles. The number of rotatable bonds is 6. The van der Waals surface area contributed by atoms with Crippen molar-refractivity contribution in [2.45, 2.75) is 26.2 Å². The van der Waals surface area contributed by atoms with Crippen molar-refractivity contribution in [3.05, 3.63) is 30.1 Å². The molecular formula is C14H22N2O. The molecule has 0 fully saturated rings. The zero-order valence-corrected chi connectivity index (χ0v) is 11.2. The van der Waals surface area contributed by atoms with Crippen LogP contribution in [0.5, 0.6) is 0 Å². The molecule has 1 atom stereocenters. The number of carbonyl (C=O) groups is 1. The Morgan fingerprint density at radius 3 is 2.35 bits per heavy atom. The molecule has 0 unspecified atom stereocenters. The van der Waals surface area contributed by atoms with Gasteiger partial charge in [0.25, 0.3) is 0 Å². The van der Waals surface area contributed by atoms with E-state index in [1.807, 2.05) is 40.1 Å². The van der Waals surface area contributed by atoms with Crippen molar-refractivity contribution in [3.8, 4) is 0 Å². The van der Waals surface area contributed by atoms with E-state index in [0.717, 1.165) is 18.5 Å². The smallest absolute Gasteiger partial charge is 0.142 e. The Morgan fingerprint density at radius 1 is 1.29 bits per heavy atom. The molecule has 0 aliphatic rings. The molecule has 3 heteroatoms. The predicted molar refractivity (Wildman–Crippen MR) is 70.0 cm³/mol. The van der Waals surface area contributed by atoms with Gasteiger partial charge >= 0.3 is 0 Å². The third kappa shape index (κ3) is 4.27. The van der Waals surface area contributed by atoms with Crippen LogP contribution < -0.4 is 0 Å². The molecule has 0 aromatic carbocycles. The number of nitrogens with zero attached hydrogens (tertiary/aromatic N) is 2. The van der Waals surface area contributed by atoms with Gasteiger partial charge in [0.05, 0.1) is 0 Å². The molecule has 1 aromatic heterocycles. The SMILES string of the molecule is CC(C)C(=O)[C@H](CCN(C)C)c1ccncc1. The highest BCUT2D eigenvalue weighted by Gasteiger charge is 2.22. The Balaban J connectivity index is 2.83. The predicted octanol–water partition coefficient (Wildman–Crippen LogP) is 2.34. The number of carbonyl (C=O) groups excluding carboxylic acids is 1. The van der Waals surface area contributed by atoms with Crippen molar-refractivity contribution in [3.63, 3.8) is 0 Å². The molecule has 0 aliphatic carbocycles. The quantitative estimate of drug-likeness (QED) is 0.757. The molecule has 0 amide bonds. The first-order valence-corrected chi connectivity index (χ1v) is 6.10. The summed E-state index contributed by atoms with van der Waals surface area (Å²) in [7, 11) is 4.06. The van der Waals surface area contributed by atoms with E-state index in [0.29, 0.717) is 5.78 Å². The minimum Gasteiger partial charge on any atom is -0.309 e. The number of hydrogen-bond acceptors (Lipinski definition) is 3. The highest BCUT2D eigenvalue weighted by molar-refractivity contribution is 5.87. The first kappa shape index (κ1) is 13.8. The Morgan fingerprint density at radius 2 is 1.88 bits per heavy atom. The van der Waals surface area contributed by atoms with Crippen molar-refractivity contribution < 1.29 is 4.79 Å². The van der Waals surface area contributed by atoms with Crippen LogP contribution in [0.2, 0.25) is 0 Å². The third-order valence-electron chi connectivity index (χ3n) is 2.89. The fraction of sp³-hybridized carbons (Fsp3) is 0.571. The first-order valence-electron chi connectivity index (χ1n) is 6.10. The van der Waals surface area contributed by atoms with E-state index in [4.69, 9.17) is 0 Å². The van der Waals surface area contributed by atoms with Crippen LogP contribution in [0.25, 0.3) is 0 Å². The van der Waals surface area contributed by atoms with Gasteiger partial charge in [-0.05, 0) is 44.8 Å². The number of pyridine rings is 1. The Bertz CT molecular complexity index is 346. The van der Waals surface area contributed by atoms with Crippen LogP contribution in [-0.4, -0.2) is 36.3 Å². The van der Waals surface area contributed by atoms with Gasteiger partial charge in [0.2, 0.25) is 0 Å². The maximum absolute atomic E-state index is 12.2. The zero-order chi connectivity index (χ0) is 12.8. The number of hydrogen-bond donors (Lipinski definition) is 0. The monoisotopic (exact) mass is 234 g/mol. The van der Waals surface area contributed by atoms with Crippen LogP contribution in [-0.2, 0) is 4.79 Å². The Hall–Kier alpha value is -1.22. The van der Waals surface area contributed by atoms with E-state index < -0.39 is 0 Å². The molecule has 3 nitrogen and oxygen atoms in total. The normalized spacial score (nSPS) is 13.1. The zero-order valence-electron chi connectivity index (χ0n) is 11.2. The third-order valence-corrected chi connectivity index (χ3v) is 2.89. The fourth-order valence-corrected chi connectivity index (χ4v) is 1.86. The highest BCUT2D eigenvalue weighted by atomic mass is 16.1. The average Bonchev–Trinajstić information content (AvgIpc) is 2.30. The van der Waals surface area contributed by atoms with Gasteiger partial charge in [-0.2, -0.15) is 0 Å². The summed E-state index contributed by atoms with van der Waals surface area (Å²) in [5.74, 6) is 0.397. The second-order valence-electron chi connectivity index (χ2n) is 4.98. The van der Waals surface area contributed by atoms with Crippen LogP contribution >= 0.6 is 0 Å². The molecule has 0 aliphatic heterocycles. The van der Waals surface area contributed by atoms with Crippen LogP contribution in [0.3, 0.4) is 0 Å². The molecule has 0 spiro atoms. The summed E-state index contributed by atoms with van der Waals surface area (Å²) in [5, 5.41) is 0. The first-order chi connectivity index (χ1) is 8.02. The van der Waals surface area contributed by atoms with Crippen LogP contribution in [0, 0.1) is 5.92 Å². The van der Waals surface area contributed by atoms with E-state index in [1.54, 1.807) is 12.4 Å². The molecule has 0 bridgehead atoms. The summed E-state index contributed by atoms with van der Waals surface area (Å²) in [6.45, 7) is 4.85. The molecule has 0 radical (unpaired) electrons. The topological polar surface area (TPSA) is 33.2 Å². The summed E-state index contributed by atoms with van der Waals surface area (Å²) in [5.41, 5.74) is 1.08. The lowest BCUT2D eigenvalue weighted by atomic mass is 9.87. The number of ketones is 1. The second-order valence-corrected chi connectivity index (χ2v) is 4.98. The minimum absolute atomic E-state index is 0.000370. The number of aromatic nitrogens is 1. The van der Waals surface area contributed by atoms with Crippen LogP contribution in [0.15, 0.2) is 24.5 Å². The van der Waals surface area contributed by atoms with Crippen molar-refractivity contribution in [2.24, 2.45) is 5.92 Å². The Labute approximate surface area is 104 Å². The molecule has 1 rings (SSSR count). The van der Waals surface area contributed by atoms with Crippen molar-refractivity contribution in [1.82, 2.24) is 9.88 Å². The summed E-state index contributed by atoms with van der Waals surface area (Å²) in [4.78, 5) is 18.3. The summed E-state index contributed by atoms with van der Waals surface area (Å²) >= 11 is 0. The molecule has 0 saturated heterocycles. The van der Waals surface area contributed by atoms with E-state index in [1.165, 1.54) is 0 Å². The lowest BCUT2D eigenvalue weighted by Gasteiger charge is -2.20. The van der Waals surface area contributed by atoms with E-state index >= 15 is 0 Å². The number of Topliss-reactive ketones (excluding diaryl/α,β-unsaturated/α-hetero) is 1. The molecule has 17 heavy (non-hydrogen) atoms. The van der Waals surface area contributed by atoms with Crippen molar-refractivity contribution >= 4 is 5.78 Å². The van der Waals surface area contributed by atoms with Crippen LogP contribution in [0.1, 0.15) is 31.7 Å². The standard InChI is InChI=1S/C14H22N2O/c1-11(2)14(17)13(7-10-16(3)4)12-5-8-15-9-6-12/h5-6,8-9,11,13H,7,10H2,1-4H3/t13-/m1/s1. The molecule has 0 saturated carbocycles. The van der Waals surface area contributed by atoms with Gasteiger partial charge in [0, 0.05) is 24.2 Å². The summed E-state index contributed by atoms with van der Waals surface area (Å²) < 4.78 is 0. The second kappa shape index (κ2) is 6.50. The summed E-state index contributed by atoms with van der Waals surface area (Å²) in [6.07, 6.45) is 4.38. The van der Waals surface area contributed by atoms with Gasteiger partial charge < -0.3 is 4.90 Å². The molecule has 94 valence electrons. The van der Waals surface area contributed by atoms with Gasteiger partial charge in [-0.25, -0.2) is 0 Å². The average molecular weight is 234 g/mol. The van der Waals surface area contributed by atoms with Crippen molar-refractivity contribution in [1.29, 1.82) is 0 Å². The fourth-order valence-electron chi connectivity index (χ4n) is 1.86. The largest absolute Gasteiger partial charge is 0.309 e. The highest BCUT2D eigenvalue weighted by Crippen LogP contribution is 2.23. The van der Waals surface area contributed by atoms with Gasteiger partial charge in [-0.15, -0.1) is 0 Å². The molecular weight excluding hydrogens is 212 g/mol. The van der Waals surface area contributed by atoms with E-state index in [-0.39, 0.29) is 11.8 Å². The van der Waals surface area contributed by atoms with Gasteiger partial charge in [-0.1, -0.05) is 13.8 Å². The molecule has 1 aromatic rings. The Kier molecular flexibility index (Phi) is 5.29. The van der Waals surface area contributed by atoms with E-state index in [2.05, 4.69) is 9.88 Å². The maximum Gasteiger partial charge on any atom is 0.142 e. The van der Waals surface area contributed by atoms with E-state index in [9.17, 15) is 4.79 Å². The van der Waals surface area contributed by atoms with Crippen LogP contribution in [0.4, 0.5) is 0 Å². The van der Waals surface area contributed by atoms with Gasteiger partial charge in [-0.3, -0.25) is 9.78 Å². The van der Waals surface area contributed by atoms with Gasteiger partial charge in [0.1, 0.15) is 5.78 Å². The summed E-state index contributed by atoms with van der Waals surface area (Å²) in [6, 6.07) is 3.89. The van der Waals surface area contributed by atoms with Crippen molar-refractivity contribution in [2.75, 3.05) is 20.6 Å². The lowest BCUT2D eigenvalue weighted by Crippen LogP contribution is -2.23. The molecule has 0 N–H and O–H groups in total.